The van der Waals surface area contributed by atoms with Crippen molar-refractivity contribution in [3.63, 3.8) is 0 Å². The Morgan fingerprint density at radius 2 is 2.14 bits per heavy atom. The third-order valence-electron chi connectivity index (χ3n) is 5.92. The smallest absolute Gasteiger partial charge is 0.143 e. The van der Waals surface area contributed by atoms with Crippen LogP contribution in [0.25, 0.3) is 21.2 Å². The Morgan fingerprint density at radius 1 is 1.28 bits per heavy atom. The highest BCUT2D eigenvalue weighted by Crippen LogP contribution is 2.48. The summed E-state index contributed by atoms with van der Waals surface area (Å²) in [4.78, 5) is 2.47. The summed E-state index contributed by atoms with van der Waals surface area (Å²) < 4.78 is 7.16. The van der Waals surface area contributed by atoms with Gasteiger partial charge in [0.15, 0.2) is 0 Å². The number of hydrogen-bond donors (Lipinski definition) is 1. The van der Waals surface area contributed by atoms with Crippen molar-refractivity contribution >= 4 is 49.6 Å². The lowest BCUT2D eigenvalue weighted by Gasteiger charge is -2.33. The molecule has 2 aliphatic heterocycles. The predicted molar refractivity (Wildman–Crippen MR) is 120 cm³/mol. The van der Waals surface area contributed by atoms with E-state index in [1.807, 2.05) is 24.3 Å². The second-order valence-electron chi connectivity index (χ2n) is 7.60. The Kier molecular flexibility index (Phi) is 4.84. The molecule has 5 rings (SSSR count). The van der Waals surface area contributed by atoms with E-state index in [1.165, 1.54) is 24.2 Å². The van der Waals surface area contributed by atoms with E-state index in [0.29, 0.717) is 44.6 Å². The first-order chi connectivity index (χ1) is 14.1. The maximum atomic E-state index is 9.64. The molecule has 2 aromatic carbocycles. The number of piperidine rings is 1. The van der Waals surface area contributed by atoms with E-state index in [-0.39, 0.29) is 0 Å². The fraction of sp³-hybridized carbons (Fsp3) is 0.318. The number of rotatable bonds is 1. The van der Waals surface area contributed by atoms with Crippen molar-refractivity contribution in [1.29, 1.82) is 5.26 Å². The second kappa shape index (κ2) is 7.37. The van der Waals surface area contributed by atoms with E-state index in [2.05, 4.69) is 11.0 Å². The Balaban J connectivity index is 1.70. The molecule has 2 N–H and O–H groups in total. The molecule has 0 bridgehead atoms. The van der Waals surface area contributed by atoms with Gasteiger partial charge in [0.05, 0.1) is 15.6 Å². The maximum absolute atomic E-state index is 9.64. The molecule has 29 heavy (non-hydrogen) atoms. The van der Waals surface area contributed by atoms with Crippen LogP contribution < -0.4 is 10.5 Å². The quantitative estimate of drug-likeness (QED) is 0.495. The normalized spacial score (nSPS) is 19.1. The third-order valence-corrected chi connectivity index (χ3v) is 7.56. The summed E-state index contributed by atoms with van der Waals surface area (Å²) in [6, 6.07) is 10.5. The van der Waals surface area contributed by atoms with Crippen molar-refractivity contribution in [3.8, 4) is 22.9 Å². The Hall–Kier alpha value is -1.97. The monoisotopic (exact) mass is 443 g/mol. The summed E-state index contributed by atoms with van der Waals surface area (Å²) in [5.41, 5.74) is 9.09. The number of anilines is 1. The fourth-order valence-electron chi connectivity index (χ4n) is 4.51. The van der Waals surface area contributed by atoms with Crippen LogP contribution in [0.1, 0.15) is 30.4 Å². The number of nitrogens with two attached hydrogens (primary N) is 1. The number of thiophene rings is 1. The van der Waals surface area contributed by atoms with Crippen LogP contribution in [0.3, 0.4) is 0 Å². The van der Waals surface area contributed by atoms with Gasteiger partial charge in [0.2, 0.25) is 0 Å². The summed E-state index contributed by atoms with van der Waals surface area (Å²) in [6.45, 7) is 2.50. The first kappa shape index (κ1) is 19.0. The van der Waals surface area contributed by atoms with Gasteiger partial charge in [-0.05, 0) is 37.1 Å². The molecule has 4 nitrogen and oxygen atoms in total. The van der Waals surface area contributed by atoms with Gasteiger partial charge in [-0.2, -0.15) is 5.26 Å². The van der Waals surface area contributed by atoms with E-state index in [4.69, 9.17) is 33.7 Å². The Morgan fingerprint density at radius 3 is 2.97 bits per heavy atom. The molecule has 1 saturated heterocycles. The molecule has 0 unspecified atom stereocenters. The fourth-order valence-corrected chi connectivity index (χ4v) is 6.21. The third kappa shape index (κ3) is 3.06. The molecule has 0 spiro atoms. The molecule has 0 radical (unpaired) electrons. The highest BCUT2D eigenvalue weighted by molar-refractivity contribution is 7.23. The zero-order chi connectivity index (χ0) is 20.1. The Labute approximate surface area is 183 Å². The van der Waals surface area contributed by atoms with Crippen LogP contribution in [0.15, 0.2) is 24.3 Å². The van der Waals surface area contributed by atoms with Crippen LogP contribution in [0.2, 0.25) is 10.0 Å². The number of halogens is 2. The molecule has 148 valence electrons. The molecule has 0 aliphatic carbocycles. The lowest BCUT2D eigenvalue weighted by molar-refractivity contribution is 0.108. The van der Waals surface area contributed by atoms with Crippen LogP contribution in [-0.4, -0.2) is 24.1 Å². The van der Waals surface area contributed by atoms with E-state index < -0.39 is 0 Å². The number of nitrogen functional groups attached to an aromatic ring is 1. The van der Waals surface area contributed by atoms with Crippen LogP contribution in [0.4, 0.5) is 5.00 Å². The minimum atomic E-state index is 0.416. The second-order valence-corrected chi connectivity index (χ2v) is 9.47. The van der Waals surface area contributed by atoms with Crippen LogP contribution in [-0.2, 0) is 6.54 Å². The lowest BCUT2D eigenvalue weighted by atomic mass is 9.97. The number of benzene rings is 2. The summed E-state index contributed by atoms with van der Waals surface area (Å²) in [6.07, 6.45) is 3.59. The lowest BCUT2D eigenvalue weighted by Crippen LogP contribution is -2.40. The predicted octanol–water partition coefficient (Wildman–Crippen LogP) is 6.08. The summed E-state index contributed by atoms with van der Waals surface area (Å²) in [5.74, 6) is 0.708. The zero-order valence-electron chi connectivity index (χ0n) is 15.7. The Bertz CT molecular complexity index is 1170. The van der Waals surface area contributed by atoms with Crippen molar-refractivity contribution in [2.45, 2.75) is 31.8 Å². The van der Waals surface area contributed by atoms with Gasteiger partial charge < -0.3 is 10.5 Å². The molecule has 1 aromatic heterocycles. The summed E-state index contributed by atoms with van der Waals surface area (Å²) in [5, 5.41) is 12.0. The van der Waals surface area contributed by atoms with Crippen molar-refractivity contribution in [3.05, 3.63) is 45.4 Å². The minimum Gasteiger partial charge on any atom is -0.490 e. The highest BCUT2D eigenvalue weighted by atomic mass is 35.5. The average molecular weight is 444 g/mol. The molecule has 2 aliphatic rings. The van der Waals surface area contributed by atoms with Crippen molar-refractivity contribution < 1.29 is 4.74 Å². The van der Waals surface area contributed by atoms with Crippen molar-refractivity contribution in [2.24, 2.45) is 0 Å². The molecule has 1 fully saturated rings. The maximum Gasteiger partial charge on any atom is 0.143 e. The van der Waals surface area contributed by atoms with E-state index in [1.54, 1.807) is 0 Å². The zero-order valence-corrected chi connectivity index (χ0v) is 18.0. The molecule has 3 heterocycles. The average Bonchev–Trinajstić information content (AvgIpc) is 2.92. The molecule has 3 aromatic rings. The first-order valence-corrected chi connectivity index (χ1v) is 11.2. The SMILES string of the molecule is N#Cc1c(N)sc2cccc(-c3c(Cl)cc4c(c3Cl)OC[C@@H]3CCCCN3C4)c12. The van der Waals surface area contributed by atoms with Crippen LogP contribution >= 0.6 is 34.5 Å². The minimum absolute atomic E-state index is 0.416. The van der Waals surface area contributed by atoms with Gasteiger partial charge in [-0.25, -0.2) is 0 Å². The van der Waals surface area contributed by atoms with Crippen LogP contribution in [0.5, 0.6) is 5.75 Å². The number of ether oxygens (including phenoxy) is 1. The summed E-state index contributed by atoms with van der Waals surface area (Å²) >= 11 is 15.1. The summed E-state index contributed by atoms with van der Waals surface area (Å²) in [7, 11) is 0. The van der Waals surface area contributed by atoms with E-state index in [9.17, 15) is 5.26 Å². The largest absolute Gasteiger partial charge is 0.490 e. The molecule has 0 amide bonds. The standard InChI is InChI=1S/C22H19Cl2N3OS/c23-16-8-12-10-27-7-2-1-4-13(27)11-28-21(12)20(24)19(16)14-5-3-6-17-18(14)15(9-25)22(26)29-17/h3,5-6,8,13H,1-2,4,7,10-11,26H2/t13-/m0/s1. The number of hydrogen-bond acceptors (Lipinski definition) is 5. The first-order valence-electron chi connectivity index (χ1n) is 9.67. The van der Waals surface area contributed by atoms with Gasteiger partial charge in [-0.15, -0.1) is 11.3 Å². The topological polar surface area (TPSA) is 62.3 Å². The highest BCUT2D eigenvalue weighted by Gasteiger charge is 2.30. The number of nitriles is 1. The van der Waals surface area contributed by atoms with Gasteiger partial charge in [-0.3, -0.25) is 4.90 Å². The van der Waals surface area contributed by atoms with Gasteiger partial charge in [0, 0.05) is 33.8 Å². The molecule has 1 atom stereocenters. The number of nitrogens with zero attached hydrogens (tertiary/aromatic N) is 2. The van der Waals surface area contributed by atoms with Crippen LogP contribution in [0, 0.1) is 11.3 Å². The van der Waals surface area contributed by atoms with E-state index in [0.717, 1.165) is 40.7 Å². The van der Waals surface area contributed by atoms with Gasteiger partial charge >= 0.3 is 0 Å². The molecular formula is C22H19Cl2N3OS. The molecule has 7 heteroatoms. The van der Waals surface area contributed by atoms with Gasteiger partial charge in [-0.1, -0.05) is 41.8 Å². The van der Waals surface area contributed by atoms with Gasteiger partial charge in [0.25, 0.3) is 0 Å². The molecular weight excluding hydrogens is 425 g/mol. The van der Waals surface area contributed by atoms with Gasteiger partial charge in [0.1, 0.15) is 23.4 Å². The van der Waals surface area contributed by atoms with E-state index >= 15 is 0 Å². The van der Waals surface area contributed by atoms with Crippen molar-refractivity contribution in [2.75, 3.05) is 18.9 Å². The number of fused-ring (bicyclic) bond motifs is 3. The molecule has 0 saturated carbocycles. The van der Waals surface area contributed by atoms with Crippen molar-refractivity contribution in [1.82, 2.24) is 4.90 Å².